The zero-order chi connectivity index (χ0) is 17.8. The summed E-state index contributed by atoms with van der Waals surface area (Å²) in [4.78, 5) is 30.9. The van der Waals surface area contributed by atoms with Crippen LogP contribution in [0.2, 0.25) is 10.0 Å². The fourth-order valence-corrected chi connectivity index (χ4v) is 3.19. The Balaban J connectivity index is 1.67. The number of halogens is 2. The zero-order valence-electron chi connectivity index (χ0n) is 13.4. The molecule has 0 radical (unpaired) electrons. The Bertz CT molecular complexity index is 783. The van der Waals surface area contributed by atoms with Gasteiger partial charge in [0, 0.05) is 31.0 Å². The summed E-state index contributed by atoms with van der Waals surface area (Å²) in [7, 11) is 0. The molecule has 2 amide bonds. The van der Waals surface area contributed by atoms with Gasteiger partial charge < -0.3 is 10.2 Å². The Morgan fingerprint density at radius 3 is 2.80 bits per heavy atom. The molecule has 25 heavy (non-hydrogen) atoms. The number of likely N-dealkylation sites (tertiary alicyclic amines) is 1. The second-order valence-corrected chi connectivity index (χ2v) is 6.68. The van der Waals surface area contributed by atoms with Crippen molar-refractivity contribution in [2.75, 3.05) is 6.54 Å². The summed E-state index contributed by atoms with van der Waals surface area (Å²) in [6, 6.07) is 7.98. The number of nitrogens with zero attached hydrogens (tertiary/aromatic N) is 2. The SMILES string of the molecule is O=C(NCc1cccnc1)C1CCCN1C(=O)c1ccc(Cl)c(Cl)c1. The number of aromatic nitrogens is 1. The van der Waals surface area contributed by atoms with Crippen LogP contribution in [0.15, 0.2) is 42.7 Å². The Kier molecular flexibility index (Phi) is 5.56. The van der Waals surface area contributed by atoms with Crippen LogP contribution in [0, 0.1) is 0 Å². The molecule has 0 bridgehead atoms. The zero-order valence-corrected chi connectivity index (χ0v) is 14.9. The molecule has 1 aromatic heterocycles. The second-order valence-electron chi connectivity index (χ2n) is 5.86. The van der Waals surface area contributed by atoms with Crippen molar-refractivity contribution in [1.82, 2.24) is 15.2 Å². The van der Waals surface area contributed by atoms with E-state index in [1.54, 1.807) is 29.4 Å². The molecular weight excluding hydrogens is 361 g/mol. The Morgan fingerprint density at radius 2 is 2.08 bits per heavy atom. The molecule has 7 heteroatoms. The lowest BCUT2D eigenvalue weighted by Crippen LogP contribution is -2.45. The van der Waals surface area contributed by atoms with Crippen molar-refractivity contribution in [3.8, 4) is 0 Å². The normalized spacial score (nSPS) is 16.7. The molecule has 0 spiro atoms. The van der Waals surface area contributed by atoms with Gasteiger partial charge in [0.1, 0.15) is 6.04 Å². The highest BCUT2D eigenvalue weighted by Gasteiger charge is 2.34. The Morgan fingerprint density at radius 1 is 1.24 bits per heavy atom. The van der Waals surface area contributed by atoms with E-state index in [0.29, 0.717) is 35.1 Å². The third kappa shape index (κ3) is 4.11. The molecule has 2 heterocycles. The van der Waals surface area contributed by atoms with Gasteiger partial charge in [0.15, 0.2) is 0 Å². The van der Waals surface area contributed by atoms with Crippen LogP contribution < -0.4 is 5.32 Å². The predicted octanol–water partition coefficient (Wildman–Crippen LogP) is 3.31. The van der Waals surface area contributed by atoms with E-state index in [0.717, 1.165) is 12.0 Å². The molecule has 5 nitrogen and oxygen atoms in total. The smallest absolute Gasteiger partial charge is 0.254 e. The van der Waals surface area contributed by atoms with Gasteiger partial charge in [-0.1, -0.05) is 29.3 Å². The van der Waals surface area contributed by atoms with Crippen LogP contribution in [0.3, 0.4) is 0 Å². The van der Waals surface area contributed by atoms with E-state index in [9.17, 15) is 9.59 Å². The average molecular weight is 378 g/mol. The predicted molar refractivity (Wildman–Crippen MR) is 96.6 cm³/mol. The third-order valence-corrected chi connectivity index (χ3v) is 4.91. The molecule has 1 N–H and O–H groups in total. The summed E-state index contributed by atoms with van der Waals surface area (Å²) >= 11 is 11.9. The van der Waals surface area contributed by atoms with Crippen molar-refractivity contribution in [2.24, 2.45) is 0 Å². The summed E-state index contributed by atoms with van der Waals surface area (Å²) in [5, 5.41) is 3.60. The van der Waals surface area contributed by atoms with Crippen molar-refractivity contribution >= 4 is 35.0 Å². The van der Waals surface area contributed by atoms with E-state index in [1.165, 1.54) is 6.07 Å². The minimum Gasteiger partial charge on any atom is -0.350 e. The fourth-order valence-electron chi connectivity index (χ4n) is 2.89. The number of pyridine rings is 1. The average Bonchev–Trinajstić information content (AvgIpc) is 3.12. The van der Waals surface area contributed by atoms with Gasteiger partial charge in [-0.25, -0.2) is 0 Å². The van der Waals surface area contributed by atoms with Gasteiger partial charge in [-0.05, 0) is 42.7 Å². The largest absolute Gasteiger partial charge is 0.350 e. The molecule has 1 fully saturated rings. The van der Waals surface area contributed by atoms with E-state index in [2.05, 4.69) is 10.3 Å². The van der Waals surface area contributed by atoms with Crippen LogP contribution in [0.25, 0.3) is 0 Å². The fraction of sp³-hybridized carbons (Fsp3) is 0.278. The number of hydrogen-bond acceptors (Lipinski definition) is 3. The van der Waals surface area contributed by atoms with Crippen molar-refractivity contribution in [2.45, 2.75) is 25.4 Å². The number of carbonyl (C=O) groups is 2. The summed E-state index contributed by atoms with van der Waals surface area (Å²) in [5.74, 6) is -0.368. The first kappa shape index (κ1) is 17.7. The maximum Gasteiger partial charge on any atom is 0.254 e. The van der Waals surface area contributed by atoms with E-state index in [4.69, 9.17) is 23.2 Å². The molecule has 1 aliphatic rings. The number of rotatable bonds is 4. The maximum absolute atomic E-state index is 12.7. The van der Waals surface area contributed by atoms with E-state index in [1.807, 2.05) is 12.1 Å². The van der Waals surface area contributed by atoms with Gasteiger partial charge >= 0.3 is 0 Å². The second kappa shape index (κ2) is 7.85. The lowest BCUT2D eigenvalue weighted by Gasteiger charge is -2.24. The Labute approximate surface area is 155 Å². The maximum atomic E-state index is 12.7. The number of hydrogen-bond donors (Lipinski definition) is 1. The number of carbonyl (C=O) groups excluding carboxylic acids is 2. The molecule has 130 valence electrons. The van der Waals surface area contributed by atoms with Crippen LogP contribution in [-0.4, -0.2) is 34.3 Å². The van der Waals surface area contributed by atoms with Crippen molar-refractivity contribution < 1.29 is 9.59 Å². The van der Waals surface area contributed by atoms with Crippen LogP contribution in [0.5, 0.6) is 0 Å². The van der Waals surface area contributed by atoms with E-state index in [-0.39, 0.29) is 11.8 Å². The monoisotopic (exact) mass is 377 g/mol. The molecule has 2 aromatic rings. The molecule has 3 rings (SSSR count). The van der Waals surface area contributed by atoms with Gasteiger partial charge in [-0.2, -0.15) is 0 Å². The molecular formula is C18H17Cl2N3O2. The standard InChI is InChI=1S/C18H17Cl2N3O2/c19-14-6-5-13(9-15(14)20)18(25)23-8-2-4-16(23)17(24)22-11-12-3-1-7-21-10-12/h1,3,5-7,9-10,16H,2,4,8,11H2,(H,22,24). The van der Waals surface area contributed by atoms with Crippen molar-refractivity contribution in [3.05, 3.63) is 63.9 Å². The molecule has 0 aliphatic carbocycles. The Hall–Kier alpha value is -2.11. The summed E-state index contributed by atoms with van der Waals surface area (Å²) < 4.78 is 0. The van der Waals surface area contributed by atoms with Crippen LogP contribution in [0.1, 0.15) is 28.8 Å². The highest BCUT2D eigenvalue weighted by Crippen LogP contribution is 2.26. The molecule has 1 aromatic carbocycles. The van der Waals surface area contributed by atoms with E-state index < -0.39 is 6.04 Å². The van der Waals surface area contributed by atoms with Crippen LogP contribution in [-0.2, 0) is 11.3 Å². The summed E-state index contributed by atoms with van der Waals surface area (Å²) in [6.07, 6.45) is 4.82. The molecule has 1 saturated heterocycles. The summed E-state index contributed by atoms with van der Waals surface area (Å²) in [5.41, 5.74) is 1.34. The van der Waals surface area contributed by atoms with Gasteiger partial charge in [-0.15, -0.1) is 0 Å². The quantitative estimate of drug-likeness (QED) is 0.888. The molecule has 0 saturated carbocycles. The minimum atomic E-state index is -0.473. The number of amides is 2. The minimum absolute atomic E-state index is 0.158. The van der Waals surface area contributed by atoms with Gasteiger partial charge in [-0.3, -0.25) is 14.6 Å². The van der Waals surface area contributed by atoms with Crippen LogP contribution >= 0.6 is 23.2 Å². The molecule has 1 unspecified atom stereocenters. The first-order valence-corrected chi connectivity index (χ1v) is 8.74. The topological polar surface area (TPSA) is 62.3 Å². The lowest BCUT2D eigenvalue weighted by atomic mass is 10.1. The lowest BCUT2D eigenvalue weighted by molar-refractivity contribution is -0.125. The highest BCUT2D eigenvalue weighted by atomic mass is 35.5. The first-order valence-electron chi connectivity index (χ1n) is 7.99. The molecule has 1 atom stereocenters. The highest BCUT2D eigenvalue weighted by molar-refractivity contribution is 6.42. The van der Waals surface area contributed by atoms with Gasteiger partial charge in [0.2, 0.25) is 5.91 Å². The van der Waals surface area contributed by atoms with Gasteiger partial charge in [0.25, 0.3) is 5.91 Å². The van der Waals surface area contributed by atoms with Crippen molar-refractivity contribution in [3.63, 3.8) is 0 Å². The van der Waals surface area contributed by atoms with Gasteiger partial charge in [0.05, 0.1) is 10.0 Å². The molecule has 1 aliphatic heterocycles. The third-order valence-electron chi connectivity index (χ3n) is 4.17. The summed E-state index contributed by atoms with van der Waals surface area (Å²) in [6.45, 7) is 0.933. The van der Waals surface area contributed by atoms with Crippen LogP contribution in [0.4, 0.5) is 0 Å². The number of benzene rings is 1. The van der Waals surface area contributed by atoms with E-state index >= 15 is 0 Å². The van der Waals surface area contributed by atoms with Crippen molar-refractivity contribution in [1.29, 1.82) is 0 Å². The first-order chi connectivity index (χ1) is 12.1. The number of nitrogens with one attached hydrogen (secondary N) is 1.